The number of hydrogen-bond acceptors (Lipinski definition) is 4. The zero-order chi connectivity index (χ0) is 10.7. The Morgan fingerprint density at radius 3 is 2.93 bits per heavy atom. The van der Waals surface area contributed by atoms with Crippen LogP contribution in [-0.4, -0.2) is 26.2 Å². The van der Waals surface area contributed by atoms with E-state index < -0.39 is 4.92 Å². The maximum atomic E-state index is 10.5. The molecule has 76 valence electrons. The van der Waals surface area contributed by atoms with Gasteiger partial charge in [0, 0.05) is 6.08 Å². The molecule has 0 aliphatic heterocycles. The molecule has 1 aromatic rings. The van der Waals surface area contributed by atoms with E-state index in [0.29, 0.717) is 11.4 Å². The van der Waals surface area contributed by atoms with Crippen molar-refractivity contribution < 1.29 is 10.0 Å². The summed E-state index contributed by atoms with van der Waals surface area (Å²) in [4.78, 5) is 13.8. The summed E-state index contributed by atoms with van der Waals surface area (Å²) >= 11 is 0. The predicted molar refractivity (Wildman–Crippen MR) is 50.6 cm³/mol. The van der Waals surface area contributed by atoms with Crippen LogP contribution in [0.2, 0.25) is 0 Å². The molecule has 1 rings (SSSR count). The standard InChI is InChI=1S/C8H11N3O3/c1-6(5-12)3-7-9-4-8(10(7)2)11(13)14/h3-4,12H,5H2,1-2H3/b6-3-. The second kappa shape index (κ2) is 4.01. The molecule has 0 saturated carbocycles. The molecule has 6 nitrogen and oxygen atoms in total. The number of nitrogens with zero attached hydrogens (tertiary/aromatic N) is 3. The van der Waals surface area contributed by atoms with Gasteiger partial charge < -0.3 is 15.2 Å². The molecule has 0 aliphatic rings. The fraction of sp³-hybridized carbons (Fsp3) is 0.375. The Bertz CT molecular complexity index is 381. The first-order valence-electron chi connectivity index (χ1n) is 4.00. The molecule has 1 heterocycles. The monoisotopic (exact) mass is 197 g/mol. The first-order valence-corrected chi connectivity index (χ1v) is 4.00. The van der Waals surface area contributed by atoms with Crippen LogP contribution in [0.25, 0.3) is 6.08 Å². The molecule has 0 amide bonds. The molecular weight excluding hydrogens is 186 g/mol. The van der Waals surface area contributed by atoms with Crippen molar-refractivity contribution in [3.8, 4) is 0 Å². The SMILES string of the molecule is C/C(=C/c1ncc([N+](=O)[O-])n1C)CO. The Morgan fingerprint density at radius 2 is 2.50 bits per heavy atom. The zero-order valence-electron chi connectivity index (χ0n) is 7.97. The summed E-state index contributed by atoms with van der Waals surface area (Å²) in [6, 6.07) is 0. The quantitative estimate of drug-likeness (QED) is 0.572. The van der Waals surface area contributed by atoms with E-state index in [-0.39, 0.29) is 12.4 Å². The maximum Gasteiger partial charge on any atom is 0.342 e. The topological polar surface area (TPSA) is 81.2 Å². The fourth-order valence-corrected chi connectivity index (χ4v) is 0.984. The molecule has 1 N–H and O–H groups in total. The van der Waals surface area contributed by atoms with Gasteiger partial charge >= 0.3 is 5.82 Å². The Labute approximate surface area is 80.7 Å². The third kappa shape index (κ3) is 1.97. The Morgan fingerprint density at radius 1 is 1.86 bits per heavy atom. The molecule has 0 atom stereocenters. The summed E-state index contributed by atoms with van der Waals surface area (Å²) in [7, 11) is 1.56. The van der Waals surface area contributed by atoms with Crippen molar-refractivity contribution in [2.75, 3.05) is 6.61 Å². The van der Waals surface area contributed by atoms with Crippen LogP contribution in [-0.2, 0) is 7.05 Å². The summed E-state index contributed by atoms with van der Waals surface area (Å²) in [6.07, 6.45) is 2.80. The van der Waals surface area contributed by atoms with Gasteiger partial charge in [0.2, 0.25) is 5.82 Å². The van der Waals surface area contributed by atoms with Crippen LogP contribution in [0.15, 0.2) is 11.8 Å². The van der Waals surface area contributed by atoms with Crippen molar-refractivity contribution in [3.05, 3.63) is 27.7 Å². The number of aliphatic hydroxyl groups is 1. The highest BCUT2D eigenvalue weighted by Gasteiger charge is 2.14. The van der Waals surface area contributed by atoms with Gasteiger partial charge in [-0.15, -0.1) is 0 Å². The highest BCUT2D eigenvalue weighted by atomic mass is 16.6. The van der Waals surface area contributed by atoms with E-state index in [1.165, 1.54) is 10.8 Å². The zero-order valence-corrected chi connectivity index (χ0v) is 7.97. The Balaban J connectivity index is 3.07. The van der Waals surface area contributed by atoms with Crippen LogP contribution in [0.4, 0.5) is 5.82 Å². The molecule has 0 aromatic carbocycles. The first kappa shape index (κ1) is 10.4. The lowest BCUT2D eigenvalue weighted by molar-refractivity contribution is -0.391. The predicted octanol–water partition coefficient (Wildman–Crippen LogP) is 0.724. The molecule has 0 unspecified atom stereocenters. The fourth-order valence-electron chi connectivity index (χ4n) is 0.984. The average molecular weight is 197 g/mol. The number of aliphatic hydroxyl groups excluding tert-OH is 1. The van der Waals surface area contributed by atoms with Crippen molar-refractivity contribution in [2.24, 2.45) is 7.05 Å². The van der Waals surface area contributed by atoms with Gasteiger partial charge in [-0.2, -0.15) is 0 Å². The summed E-state index contributed by atoms with van der Waals surface area (Å²) in [5.41, 5.74) is 0.702. The van der Waals surface area contributed by atoms with Crippen LogP contribution in [0.3, 0.4) is 0 Å². The summed E-state index contributed by atoms with van der Waals surface area (Å²) in [5.74, 6) is 0.394. The van der Waals surface area contributed by atoms with E-state index in [4.69, 9.17) is 5.11 Å². The highest BCUT2D eigenvalue weighted by molar-refractivity contribution is 5.47. The number of nitro groups is 1. The van der Waals surface area contributed by atoms with E-state index in [1.807, 2.05) is 0 Å². The normalized spacial score (nSPS) is 11.8. The minimum absolute atomic E-state index is 0.0676. The smallest absolute Gasteiger partial charge is 0.342 e. The minimum Gasteiger partial charge on any atom is -0.392 e. The molecule has 1 aromatic heterocycles. The van der Waals surface area contributed by atoms with E-state index in [2.05, 4.69) is 4.98 Å². The van der Waals surface area contributed by atoms with Crippen molar-refractivity contribution in [1.29, 1.82) is 0 Å². The van der Waals surface area contributed by atoms with Crippen LogP contribution >= 0.6 is 0 Å². The molecule has 0 bridgehead atoms. The van der Waals surface area contributed by atoms with Gasteiger partial charge in [0.1, 0.15) is 6.20 Å². The van der Waals surface area contributed by atoms with Gasteiger partial charge in [-0.1, -0.05) is 0 Å². The van der Waals surface area contributed by atoms with Crippen molar-refractivity contribution in [3.63, 3.8) is 0 Å². The maximum absolute atomic E-state index is 10.5. The molecule has 6 heteroatoms. The van der Waals surface area contributed by atoms with Gasteiger partial charge in [-0.25, -0.2) is 9.55 Å². The molecule has 0 aliphatic carbocycles. The van der Waals surface area contributed by atoms with Gasteiger partial charge in [0.05, 0.1) is 13.7 Å². The van der Waals surface area contributed by atoms with Gasteiger partial charge in [0.25, 0.3) is 0 Å². The van der Waals surface area contributed by atoms with E-state index >= 15 is 0 Å². The number of aromatic nitrogens is 2. The van der Waals surface area contributed by atoms with Crippen molar-refractivity contribution in [1.82, 2.24) is 9.55 Å². The molecular formula is C8H11N3O3. The molecule has 14 heavy (non-hydrogen) atoms. The minimum atomic E-state index is -0.501. The van der Waals surface area contributed by atoms with Crippen molar-refractivity contribution in [2.45, 2.75) is 6.92 Å². The second-order valence-electron chi connectivity index (χ2n) is 2.94. The van der Waals surface area contributed by atoms with Crippen LogP contribution in [0.1, 0.15) is 12.7 Å². The van der Waals surface area contributed by atoms with E-state index in [9.17, 15) is 10.1 Å². The molecule has 0 radical (unpaired) electrons. The Hall–Kier alpha value is -1.69. The van der Waals surface area contributed by atoms with Gasteiger partial charge in [-0.3, -0.25) is 0 Å². The largest absolute Gasteiger partial charge is 0.392 e. The number of hydrogen-bond donors (Lipinski definition) is 1. The summed E-state index contributed by atoms with van der Waals surface area (Å²) < 4.78 is 1.36. The Kier molecular flexibility index (Phi) is 2.98. The summed E-state index contributed by atoms with van der Waals surface area (Å²) in [6.45, 7) is 1.64. The third-order valence-corrected chi connectivity index (χ3v) is 1.81. The van der Waals surface area contributed by atoms with Crippen LogP contribution in [0.5, 0.6) is 0 Å². The molecule has 0 saturated heterocycles. The highest BCUT2D eigenvalue weighted by Crippen LogP contribution is 2.13. The number of rotatable bonds is 3. The molecule has 0 fully saturated rings. The summed E-state index contributed by atoms with van der Waals surface area (Å²) in [5, 5.41) is 19.2. The van der Waals surface area contributed by atoms with Crippen molar-refractivity contribution >= 4 is 11.9 Å². The van der Waals surface area contributed by atoms with Crippen LogP contribution < -0.4 is 0 Å². The van der Waals surface area contributed by atoms with Gasteiger partial charge in [0.15, 0.2) is 0 Å². The van der Waals surface area contributed by atoms with E-state index in [0.717, 1.165) is 0 Å². The lowest BCUT2D eigenvalue weighted by Gasteiger charge is -1.95. The van der Waals surface area contributed by atoms with E-state index in [1.54, 1.807) is 20.0 Å². The first-order chi connectivity index (χ1) is 6.56. The van der Waals surface area contributed by atoms with Crippen LogP contribution in [0, 0.1) is 10.1 Å². The van der Waals surface area contributed by atoms with Gasteiger partial charge in [-0.05, 0) is 17.4 Å². The third-order valence-electron chi connectivity index (χ3n) is 1.81. The molecule has 0 spiro atoms. The number of imidazole rings is 1. The lowest BCUT2D eigenvalue weighted by atomic mass is 10.3. The average Bonchev–Trinajstić information content (AvgIpc) is 2.48. The lowest BCUT2D eigenvalue weighted by Crippen LogP contribution is -1.99. The second-order valence-corrected chi connectivity index (χ2v) is 2.94.